The number of hydrogen-bond donors (Lipinski definition) is 1. The van der Waals surface area contributed by atoms with Crippen LogP contribution in [-0.4, -0.2) is 12.5 Å². The number of benzene rings is 1. The molecule has 0 saturated carbocycles. The highest BCUT2D eigenvalue weighted by Gasteiger charge is 2.11. The van der Waals surface area contributed by atoms with Gasteiger partial charge in [-0.15, -0.1) is 0 Å². The largest absolute Gasteiger partial charge is 0.476 e. The predicted octanol–water partition coefficient (Wildman–Crippen LogP) is 3.27. The lowest BCUT2D eigenvalue weighted by atomic mass is 10.3. The molecule has 7 heteroatoms. The Bertz CT molecular complexity index is 727. The van der Waals surface area contributed by atoms with E-state index in [-0.39, 0.29) is 17.8 Å². The van der Waals surface area contributed by atoms with Gasteiger partial charge in [-0.1, -0.05) is 23.2 Å². The zero-order chi connectivity index (χ0) is 15.4. The van der Waals surface area contributed by atoms with Crippen molar-refractivity contribution >= 4 is 34.8 Å². The molecular weight excluding hydrogens is 317 g/mol. The first-order valence-electron chi connectivity index (χ1n) is 5.93. The summed E-state index contributed by atoms with van der Waals surface area (Å²) in [4.78, 5) is 23.4. The van der Waals surface area contributed by atoms with Gasteiger partial charge in [-0.25, -0.2) is 0 Å². The maximum Gasteiger partial charge on any atom is 0.262 e. The molecule has 2 aromatic rings. The molecule has 0 aliphatic heterocycles. The van der Waals surface area contributed by atoms with Gasteiger partial charge in [-0.05, 0) is 25.1 Å². The molecule has 110 valence electrons. The van der Waals surface area contributed by atoms with Crippen molar-refractivity contribution in [2.45, 2.75) is 6.92 Å². The number of halogens is 2. The second-order valence-electron chi connectivity index (χ2n) is 4.13. The Morgan fingerprint density at radius 2 is 2.10 bits per heavy atom. The van der Waals surface area contributed by atoms with Crippen LogP contribution in [0.3, 0.4) is 0 Å². The van der Waals surface area contributed by atoms with E-state index in [0.29, 0.717) is 21.5 Å². The third-order valence-electron chi connectivity index (χ3n) is 2.56. The first-order valence-corrected chi connectivity index (χ1v) is 6.69. The normalized spacial score (nSPS) is 10.2. The van der Waals surface area contributed by atoms with Crippen LogP contribution in [0.2, 0.25) is 10.0 Å². The van der Waals surface area contributed by atoms with Gasteiger partial charge in [0.25, 0.3) is 5.91 Å². The number of rotatable bonds is 4. The zero-order valence-corrected chi connectivity index (χ0v) is 12.5. The Kier molecular flexibility index (Phi) is 4.88. The van der Waals surface area contributed by atoms with Gasteiger partial charge in [0.15, 0.2) is 6.61 Å². The van der Waals surface area contributed by atoms with E-state index in [2.05, 4.69) is 5.32 Å². The summed E-state index contributed by atoms with van der Waals surface area (Å²) in [6.45, 7) is 1.22. The van der Waals surface area contributed by atoms with Gasteiger partial charge in [0.1, 0.15) is 5.76 Å². The van der Waals surface area contributed by atoms with E-state index in [9.17, 15) is 9.59 Å². The number of ether oxygens (including phenoxy) is 1. The SMILES string of the molecule is Cc1occc(=O)c1OCC(=O)Nc1cc(Cl)ccc1Cl. The summed E-state index contributed by atoms with van der Waals surface area (Å²) in [5, 5.41) is 3.34. The topological polar surface area (TPSA) is 68.5 Å². The fraction of sp³-hybridized carbons (Fsp3) is 0.143. The third-order valence-corrected chi connectivity index (χ3v) is 3.12. The minimum atomic E-state index is -0.471. The molecule has 0 spiro atoms. The molecule has 1 amide bonds. The van der Waals surface area contributed by atoms with Crippen LogP contribution in [0.15, 0.2) is 39.7 Å². The van der Waals surface area contributed by atoms with E-state index in [1.165, 1.54) is 18.4 Å². The lowest BCUT2D eigenvalue weighted by Crippen LogP contribution is -2.22. The number of anilines is 1. The Morgan fingerprint density at radius 1 is 1.33 bits per heavy atom. The van der Waals surface area contributed by atoms with Gasteiger partial charge in [0.05, 0.1) is 17.0 Å². The molecule has 1 N–H and O–H groups in total. The highest BCUT2D eigenvalue weighted by molar-refractivity contribution is 6.35. The molecule has 5 nitrogen and oxygen atoms in total. The third kappa shape index (κ3) is 4.00. The number of nitrogens with one attached hydrogen (secondary N) is 1. The zero-order valence-electron chi connectivity index (χ0n) is 11.0. The standard InChI is InChI=1S/C14H11Cl2NO4/c1-8-14(12(18)4-5-20-8)21-7-13(19)17-11-6-9(15)2-3-10(11)16/h2-6H,7H2,1H3,(H,17,19). The first kappa shape index (κ1) is 15.4. The molecule has 21 heavy (non-hydrogen) atoms. The highest BCUT2D eigenvalue weighted by atomic mass is 35.5. The van der Waals surface area contributed by atoms with Crippen LogP contribution in [0, 0.1) is 6.92 Å². The summed E-state index contributed by atoms with van der Waals surface area (Å²) in [6, 6.07) is 5.91. The van der Waals surface area contributed by atoms with Crippen LogP contribution in [-0.2, 0) is 4.79 Å². The lowest BCUT2D eigenvalue weighted by Gasteiger charge is -2.09. The van der Waals surface area contributed by atoms with Crippen molar-refractivity contribution in [3.63, 3.8) is 0 Å². The minimum Gasteiger partial charge on any atom is -0.476 e. The average molecular weight is 328 g/mol. The molecule has 2 rings (SSSR count). The number of hydrogen-bond acceptors (Lipinski definition) is 4. The number of aryl methyl sites for hydroxylation is 1. The summed E-state index contributed by atoms with van der Waals surface area (Å²) >= 11 is 11.7. The van der Waals surface area contributed by atoms with Crippen molar-refractivity contribution in [1.82, 2.24) is 0 Å². The summed E-state index contributed by atoms with van der Waals surface area (Å²) in [5.74, 6) is -0.164. The van der Waals surface area contributed by atoms with E-state index in [4.69, 9.17) is 32.4 Å². The summed E-state index contributed by atoms with van der Waals surface area (Å²) in [6.07, 6.45) is 1.26. The van der Waals surface area contributed by atoms with Crippen molar-refractivity contribution < 1.29 is 13.9 Å². The van der Waals surface area contributed by atoms with E-state index < -0.39 is 5.91 Å². The van der Waals surface area contributed by atoms with Gasteiger partial charge >= 0.3 is 0 Å². The Morgan fingerprint density at radius 3 is 2.81 bits per heavy atom. The first-order chi connectivity index (χ1) is 9.97. The quantitative estimate of drug-likeness (QED) is 0.935. The molecule has 0 atom stereocenters. The molecule has 0 unspecified atom stereocenters. The molecule has 0 saturated heterocycles. The molecule has 0 bridgehead atoms. The fourth-order valence-corrected chi connectivity index (χ4v) is 1.93. The highest BCUT2D eigenvalue weighted by Crippen LogP contribution is 2.25. The minimum absolute atomic E-state index is 0.00448. The smallest absolute Gasteiger partial charge is 0.262 e. The molecule has 0 aliphatic rings. The van der Waals surface area contributed by atoms with Crippen LogP contribution in [0.5, 0.6) is 5.75 Å². The monoisotopic (exact) mass is 327 g/mol. The number of carbonyl (C=O) groups excluding carboxylic acids is 1. The van der Waals surface area contributed by atoms with Gasteiger partial charge < -0.3 is 14.5 Å². The van der Waals surface area contributed by atoms with Crippen LogP contribution < -0.4 is 15.5 Å². The second-order valence-corrected chi connectivity index (χ2v) is 4.97. The van der Waals surface area contributed by atoms with Crippen LogP contribution in [0.25, 0.3) is 0 Å². The van der Waals surface area contributed by atoms with Crippen molar-refractivity contribution in [2.75, 3.05) is 11.9 Å². The summed E-state index contributed by atoms with van der Waals surface area (Å²) in [5.41, 5.74) is 0.0157. The molecule has 0 fully saturated rings. The van der Waals surface area contributed by atoms with Gasteiger partial charge in [-0.3, -0.25) is 9.59 Å². The van der Waals surface area contributed by atoms with Gasteiger partial charge in [0.2, 0.25) is 11.2 Å². The molecule has 1 aromatic carbocycles. The fourth-order valence-electron chi connectivity index (χ4n) is 1.59. The Hall–Kier alpha value is -1.98. The molecular formula is C14H11Cl2NO4. The van der Waals surface area contributed by atoms with Gasteiger partial charge in [-0.2, -0.15) is 0 Å². The van der Waals surface area contributed by atoms with Crippen molar-refractivity contribution in [3.8, 4) is 5.75 Å². The average Bonchev–Trinajstić information content (AvgIpc) is 2.42. The molecule has 0 aliphatic carbocycles. The Labute approximate surface area is 130 Å². The second kappa shape index (κ2) is 6.65. The maximum absolute atomic E-state index is 11.8. The Balaban J connectivity index is 2.03. The van der Waals surface area contributed by atoms with Crippen molar-refractivity contribution in [1.29, 1.82) is 0 Å². The van der Waals surface area contributed by atoms with Crippen molar-refractivity contribution in [2.24, 2.45) is 0 Å². The lowest BCUT2D eigenvalue weighted by molar-refractivity contribution is -0.118. The van der Waals surface area contributed by atoms with E-state index in [1.807, 2.05) is 0 Å². The van der Waals surface area contributed by atoms with E-state index in [1.54, 1.807) is 19.1 Å². The van der Waals surface area contributed by atoms with Crippen LogP contribution >= 0.6 is 23.2 Å². The van der Waals surface area contributed by atoms with E-state index in [0.717, 1.165) is 0 Å². The summed E-state index contributed by atoms with van der Waals surface area (Å²) in [7, 11) is 0. The number of carbonyl (C=O) groups is 1. The van der Waals surface area contributed by atoms with Crippen molar-refractivity contribution in [3.05, 3.63) is 56.6 Å². The molecule has 1 aromatic heterocycles. The number of amides is 1. The predicted molar refractivity (Wildman–Crippen MR) is 80.3 cm³/mol. The van der Waals surface area contributed by atoms with E-state index >= 15 is 0 Å². The van der Waals surface area contributed by atoms with Crippen LogP contribution in [0.1, 0.15) is 5.76 Å². The molecule has 1 heterocycles. The maximum atomic E-state index is 11.8. The summed E-state index contributed by atoms with van der Waals surface area (Å²) < 4.78 is 10.2. The molecule has 0 radical (unpaired) electrons. The van der Waals surface area contributed by atoms with Crippen LogP contribution in [0.4, 0.5) is 5.69 Å². The van der Waals surface area contributed by atoms with Gasteiger partial charge in [0, 0.05) is 11.1 Å².